The molecule has 2 aromatic heterocycles. The Morgan fingerprint density at radius 2 is 1.69 bits per heavy atom. The lowest BCUT2D eigenvalue weighted by molar-refractivity contribution is 0.0240. The molecule has 1 fully saturated rings. The molecular formula is C28H32N4O4. The predicted molar refractivity (Wildman–Crippen MR) is 138 cm³/mol. The second-order valence-corrected chi connectivity index (χ2v) is 9.74. The minimum absolute atomic E-state index is 0.318. The van der Waals surface area contributed by atoms with Gasteiger partial charge in [-0.3, -0.25) is 4.98 Å². The van der Waals surface area contributed by atoms with Gasteiger partial charge < -0.3 is 19.3 Å². The van der Waals surface area contributed by atoms with E-state index in [0.717, 1.165) is 11.3 Å². The first-order valence-electron chi connectivity index (χ1n) is 12.0. The number of benzene rings is 1. The number of rotatable bonds is 5. The molecule has 4 rings (SSSR count). The van der Waals surface area contributed by atoms with Crippen LogP contribution in [0.5, 0.6) is 0 Å². The van der Waals surface area contributed by atoms with E-state index in [0.29, 0.717) is 49.7 Å². The average molecular weight is 489 g/mol. The van der Waals surface area contributed by atoms with Crippen LogP contribution < -0.4 is 4.90 Å². The quantitative estimate of drug-likeness (QED) is 0.486. The number of hydrogen-bond acceptors (Lipinski definition) is 7. The van der Waals surface area contributed by atoms with E-state index in [-0.39, 0.29) is 6.09 Å². The summed E-state index contributed by atoms with van der Waals surface area (Å²) in [7, 11) is 1.37. The highest BCUT2D eigenvalue weighted by atomic mass is 16.6. The van der Waals surface area contributed by atoms with Gasteiger partial charge in [-0.25, -0.2) is 14.6 Å². The summed E-state index contributed by atoms with van der Waals surface area (Å²) in [6.07, 6.45) is 2.14. The Morgan fingerprint density at radius 1 is 0.972 bits per heavy atom. The molecule has 0 saturated carbocycles. The highest BCUT2D eigenvalue weighted by Gasteiger charge is 2.27. The second kappa shape index (κ2) is 10.8. The number of piperazine rings is 1. The van der Waals surface area contributed by atoms with Gasteiger partial charge in [0.25, 0.3) is 0 Å². The summed E-state index contributed by atoms with van der Waals surface area (Å²) in [5.74, 6) is 0.240. The third-order valence-electron chi connectivity index (χ3n) is 5.83. The van der Waals surface area contributed by atoms with E-state index in [1.165, 1.54) is 12.7 Å². The maximum absolute atomic E-state index is 12.5. The van der Waals surface area contributed by atoms with E-state index in [9.17, 15) is 9.59 Å². The molecule has 0 spiro atoms. The van der Waals surface area contributed by atoms with Gasteiger partial charge in [-0.2, -0.15) is 0 Å². The lowest BCUT2D eigenvalue weighted by Crippen LogP contribution is -2.50. The SMILES string of the molecule is COC(=O)c1cc(-c2ccnc(Cc3ccccc3)c2)nc(N2CCN(C(=O)OC(C)(C)C)CC2)c1. The molecule has 188 valence electrons. The molecule has 3 heterocycles. The summed E-state index contributed by atoms with van der Waals surface area (Å²) in [6, 6.07) is 17.5. The van der Waals surface area contributed by atoms with Gasteiger partial charge in [-0.05, 0) is 50.6 Å². The number of anilines is 1. The topological polar surface area (TPSA) is 84.9 Å². The van der Waals surface area contributed by atoms with Gasteiger partial charge in [0.05, 0.1) is 18.4 Å². The van der Waals surface area contributed by atoms with E-state index in [1.54, 1.807) is 23.2 Å². The van der Waals surface area contributed by atoms with Crippen LogP contribution >= 0.6 is 0 Å². The van der Waals surface area contributed by atoms with Crippen LogP contribution in [0.3, 0.4) is 0 Å². The van der Waals surface area contributed by atoms with Crippen molar-refractivity contribution in [2.45, 2.75) is 32.8 Å². The van der Waals surface area contributed by atoms with Crippen molar-refractivity contribution < 1.29 is 19.1 Å². The van der Waals surface area contributed by atoms with Gasteiger partial charge in [-0.1, -0.05) is 30.3 Å². The van der Waals surface area contributed by atoms with Crippen LogP contribution in [0, 0.1) is 0 Å². The Bertz CT molecular complexity index is 1220. The number of methoxy groups -OCH3 is 1. The van der Waals surface area contributed by atoms with Gasteiger partial charge >= 0.3 is 12.1 Å². The number of esters is 1. The van der Waals surface area contributed by atoms with Crippen LogP contribution in [-0.2, 0) is 15.9 Å². The summed E-state index contributed by atoms with van der Waals surface area (Å²) in [5.41, 5.74) is 3.50. The number of hydrogen-bond donors (Lipinski definition) is 0. The zero-order chi connectivity index (χ0) is 25.7. The van der Waals surface area contributed by atoms with Crippen LogP contribution in [0.15, 0.2) is 60.8 Å². The normalized spacial score (nSPS) is 13.9. The number of ether oxygens (including phenoxy) is 2. The third kappa shape index (κ3) is 6.38. The molecule has 0 radical (unpaired) electrons. The van der Waals surface area contributed by atoms with Crippen molar-refractivity contribution in [3.05, 3.63) is 77.6 Å². The number of aromatic nitrogens is 2. The first-order valence-corrected chi connectivity index (χ1v) is 12.0. The van der Waals surface area contributed by atoms with E-state index < -0.39 is 11.6 Å². The molecule has 0 atom stereocenters. The number of carbonyl (C=O) groups is 2. The average Bonchev–Trinajstić information content (AvgIpc) is 2.88. The maximum atomic E-state index is 12.5. The van der Waals surface area contributed by atoms with E-state index in [4.69, 9.17) is 14.5 Å². The summed E-state index contributed by atoms with van der Waals surface area (Å²) in [4.78, 5) is 38.1. The predicted octanol–water partition coefficient (Wildman–Crippen LogP) is 4.58. The molecule has 0 N–H and O–H groups in total. The van der Waals surface area contributed by atoms with Crippen LogP contribution in [0.2, 0.25) is 0 Å². The Labute approximate surface area is 211 Å². The molecule has 0 bridgehead atoms. The largest absolute Gasteiger partial charge is 0.465 e. The van der Waals surface area contributed by atoms with Crippen molar-refractivity contribution in [3.8, 4) is 11.3 Å². The van der Waals surface area contributed by atoms with Gasteiger partial charge in [0, 0.05) is 50.1 Å². The standard InChI is InChI=1S/C28H32N4O4/c1-28(2,3)36-27(34)32-14-12-31(13-15-32)25-19-22(26(33)35-4)18-24(30-25)21-10-11-29-23(17-21)16-20-8-6-5-7-9-20/h5-11,17-19H,12-16H2,1-4H3. The molecule has 0 unspecified atom stereocenters. The summed E-state index contributed by atoms with van der Waals surface area (Å²) in [6.45, 7) is 7.73. The van der Waals surface area contributed by atoms with Gasteiger partial charge in [0.15, 0.2) is 0 Å². The lowest BCUT2D eigenvalue weighted by atomic mass is 10.1. The molecule has 1 aromatic carbocycles. The van der Waals surface area contributed by atoms with Crippen LogP contribution in [0.4, 0.5) is 10.6 Å². The minimum Gasteiger partial charge on any atom is -0.465 e. The summed E-state index contributed by atoms with van der Waals surface area (Å²) < 4.78 is 10.5. The number of nitrogens with zero attached hydrogens (tertiary/aromatic N) is 4. The first kappa shape index (κ1) is 25.2. The molecule has 1 aliphatic heterocycles. The van der Waals surface area contributed by atoms with Crippen LogP contribution in [0.25, 0.3) is 11.3 Å². The highest BCUT2D eigenvalue weighted by molar-refractivity contribution is 5.91. The first-order chi connectivity index (χ1) is 17.2. The van der Waals surface area contributed by atoms with Crippen molar-refractivity contribution >= 4 is 17.9 Å². The zero-order valence-corrected chi connectivity index (χ0v) is 21.2. The lowest BCUT2D eigenvalue weighted by Gasteiger charge is -2.36. The number of pyridine rings is 2. The third-order valence-corrected chi connectivity index (χ3v) is 5.83. The summed E-state index contributed by atoms with van der Waals surface area (Å²) in [5, 5.41) is 0. The van der Waals surface area contributed by atoms with Crippen LogP contribution in [0.1, 0.15) is 42.4 Å². The molecule has 8 nitrogen and oxygen atoms in total. The fraction of sp³-hybridized carbons (Fsp3) is 0.357. The second-order valence-electron chi connectivity index (χ2n) is 9.74. The van der Waals surface area contributed by atoms with E-state index in [2.05, 4.69) is 22.0 Å². The Kier molecular flexibility index (Phi) is 7.52. The molecule has 8 heteroatoms. The highest BCUT2D eigenvalue weighted by Crippen LogP contribution is 2.26. The van der Waals surface area contributed by atoms with Crippen molar-refractivity contribution in [3.63, 3.8) is 0 Å². The molecule has 1 amide bonds. The minimum atomic E-state index is -0.538. The smallest absolute Gasteiger partial charge is 0.410 e. The molecule has 0 aliphatic carbocycles. The molecule has 1 saturated heterocycles. The Balaban J connectivity index is 1.57. The molecule has 3 aromatic rings. The van der Waals surface area contributed by atoms with Crippen molar-refractivity contribution in [1.29, 1.82) is 0 Å². The van der Waals surface area contributed by atoms with Crippen LogP contribution in [-0.4, -0.2) is 65.8 Å². The fourth-order valence-electron chi connectivity index (χ4n) is 4.05. The Hall–Kier alpha value is -3.94. The Morgan fingerprint density at radius 3 is 2.36 bits per heavy atom. The fourth-order valence-corrected chi connectivity index (χ4v) is 4.05. The molecule has 36 heavy (non-hydrogen) atoms. The number of carbonyl (C=O) groups excluding carboxylic acids is 2. The van der Waals surface area contributed by atoms with Gasteiger partial charge in [-0.15, -0.1) is 0 Å². The monoisotopic (exact) mass is 488 g/mol. The van der Waals surface area contributed by atoms with Crippen molar-refractivity contribution in [2.75, 3.05) is 38.2 Å². The van der Waals surface area contributed by atoms with E-state index in [1.807, 2.05) is 51.1 Å². The summed E-state index contributed by atoms with van der Waals surface area (Å²) >= 11 is 0. The van der Waals surface area contributed by atoms with Gasteiger partial charge in [0.1, 0.15) is 11.4 Å². The zero-order valence-electron chi connectivity index (χ0n) is 21.2. The van der Waals surface area contributed by atoms with Crippen molar-refractivity contribution in [1.82, 2.24) is 14.9 Å². The van der Waals surface area contributed by atoms with E-state index >= 15 is 0 Å². The molecule has 1 aliphatic rings. The maximum Gasteiger partial charge on any atom is 0.410 e. The van der Waals surface area contributed by atoms with Crippen molar-refractivity contribution in [2.24, 2.45) is 0 Å². The molecular weight excluding hydrogens is 456 g/mol. The number of amides is 1. The van der Waals surface area contributed by atoms with Gasteiger partial charge in [0.2, 0.25) is 0 Å².